The molecule has 2 aromatic carbocycles. The van der Waals surface area contributed by atoms with Gasteiger partial charge in [-0.3, -0.25) is 9.36 Å². The summed E-state index contributed by atoms with van der Waals surface area (Å²) in [6.07, 6.45) is 3.42. The van der Waals surface area contributed by atoms with E-state index in [1.54, 1.807) is 35.5 Å². The lowest BCUT2D eigenvalue weighted by atomic mass is 10.1. The molecule has 0 saturated heterocycles. The van der Waals surface area contributed by atoms with Gasteiger partial charge in [0.2, 0.25) is 0 Å². The number of nitrogens with zero attached hydrogens (tertiary/aromatic N) is 3. The van der Waals surface area contributed by atoms with Crippen LogP contribution >= 0.6 is 0 Å². The lowest BCUT2D eigenvalue weighted by Gasteiger charge is -2.18. The van der Waals surface area contributed by atoms with Crippen LogP contribution in [0, 0.1) is 0 Å². The second-order valence-electron chi connectivity index (χ2n) is 5.85. The van der Waals surface area contributed by atoms with Gasteiger partial charge in [0, 0.05) is 42.8 Å². The molecule has 2 N–H and O–H groups in total. The molecule has 0 unspecified atom stereocenters. The maximum absolute atomic E-state index is 12.4. The Bertz CT molecular complexity index is 912. The van der Waals surface area contributed by atoms with Crippen LogP contribution in [-0.2, 0) is 0 Å². The Hall–Kier alpha value is -3.28. The van der Waals surface area contributed by atoms with E-state index in [0.29, 0.717) is 30.0 Å². The molecule has 6 heteroatoms. The molecular weight excluding hydrogens is 330 g/mol. The Balaban J connectivity index is 1.94. The molecule has 0 aliphatic heterocycles. The number of carbonyl (C=O) groups excluding carboxylic acids is 1. The third kappa shape index (κ3) is 3.26. The molecule has 134 valence electrons. The second-order valence-corrected chi connectivity index (χ2v) is 5.85. The summed E-state index contributed by atoms with van der Waals surface area (Å²) in [5, 5.41) is 19.6. The van der Waals surface area contributed by atoms with Crippen LogP contribution in [0.2, 0.25) is 0 Å². The first kappa shape index (κ1) is 17.5. The van der Waals surface area contributed by atoms with Crippen LogP contribution in [0.3, 0.4) is 0 Å². The van der Waals surface area contributed by atoms with Gasteiger partial charge in [0.1, 0.15) is 17.3 Å². The van der Waals surface area contributed by atoms with Crippen molar-refractivity contribution in [1.82, 2.24) is 14.5 Å². The number of amides is 1. The molecule has 3 aromatic rings. The van der Waals surface area contributed by atoms with E-state index in [1.165, 1.54) is 12.1 Å². The Morgan fingerprint density at radius 3 is 2.38 bits per heavy atom. The topological polar surface area (TPSA) is 78.6 Å². The molecule has 0 atom stereocenters. The molecular formula is C20H21N3O3. The van der Waals surface area contributed by atoms with Crippen LogP contribution in [0.25, 0.3) is 17.1 Å². The fourth-order valence-corrected chi connectivity index (χ4v) is 2.88. The fraction of sp³-hybridized carbons (Fsp3) is 0.200. The first-order valence-corrected chi connectivity index (χ1v) is 8.50. The maximum atomic E-state index is 12.4. The molecule has 0 aliphatic carbocycles. The molecule has 0 bridgehead atoms. The highest BCUT2D eigenvalue weighted by Crippen LogP contribution is 2.32. The van der Waals surface area contributed by atoms with E-state index < -0.39 is 0 Å². The van der Waals surface area contributed by atoms with Crippen molar-refractivity contribution in [2.24, 2.45) is 0 Å². The van der Waals surface area contributed by atoms with Gasteiger partial charge in [-0.1, -0.05) is 0 Å². The molecule has 0 aliphatic rings. The van der Waals surface area contributed by atoms with Gasteiger partial charge >= 0.3 is 0 Å². The monoisotopic (exact) mass is 351 g/mol. The molecule has 6 nitrogen and oxygen atoms in total. The Morgan fingerprint density at radius 2 is 1.77 bits per heavy atom. The standard InChI is InChI=1S/C20H21N3O3/c1-3-22(4-2)20(26)14-5-7-15(8-6-14)23-12-11-21-19(23)17-10-9-16(24)13-18(17)25/h5-13,24-25H,3-4H2,1-2H3. The zero-order valence-corrected chi connectivity index (χ0v) is 14.8. The van der Waals surface area contributed by atoms with Crippen molar-refractivity contribution in [3.63, 3.8) is 0 Å². The molecule has 1 heterocycles. The van der Waals surface area contributed by atoms with Gasteiger partial charge in [-0.15, -0.1) is 0 Å². The molecule has 3 rings (SSSR count). The van der Waals surface area contributed by atoms with Crippen LogP contribution in [0.1, 0.15) is 24.2 Å². The van der Waals surface area contributed by atoms with Crippen LogP contribution in [-0.4, -0.2) is 43.7 Å². The molecule has 1 amide bonds. The minimum atomic E-state index is -0.0502. The highest BCUT2D eigenvalue weighted by atomic mass is 16.3. The van der Waals surface area contributed by atoms with Crippen molar-refractivity contribution >= 4 is 5.91 Å². The number of hydrogen-bond donors (Lipinski definition) is 2. The molecule has 26 heavy (non-hydrogen) atoms. The molecule has 0 fully saturated rings. The summed E-state index contributed by atoms with van der Waals surface area (Å²) < 4.78 is 1.82. The minimum Gasteiger partial charge on any atom is -0.508 e. The van der Waals surface area contributed by atoms with Gasteiger partial charge in [0.05, 0.1) is 5.56 Å². The molecule has 0 radical (unpaired) electrons. The fourth-order valence-electron chi connectivity index (χ4n) is 2.88. The van der Waals surface area contributed by atoms with Gasteiger partial charge in [-0.25, -0.2) is 4.98 Å². The first-order valence-electron chi connectivity index (χ1n) is 8.50. The van der Waals surface area contributed by atoms with Gasteiger partial charge in [0.25, 0.3) is 5.91 Å². The molecule has 0 spiro atoms. The number of carbonyl (C=O) groups is 1. The Morgan fingerprint density at radius 1 is 1.08 bits per heavy atom. The van der Waals surface area contributed by atoms with E-state index >= 15 is 0 Å². The van der Waals surface area contributed by atoms with Crippen molar-refractivity contribution in [3.05, 3.63) is 60.4 Å². The summed E-state index contributed by atoms with van der Waals surface area (Å²) in [4.78, 5) is 18.5. The smallest absolute Gasteiger partial charge is 0.253 e. The average Bonchev–Trinajstić information content (AvgIpc) is 3.12. The highest BCUT2D eigenvalue weighted by Gasteiger charge is 2.15. The lowest BCUT2D eigenvalue weighted by Crippen LogP contribution is -2.30. The van der Waals surface area contributed by atoms with Crippen molar-refractivity contribution in [2.45, 2.75) is 13.8 Å². The lowest BCUT2D eigenvalue weighted by molar-refractivity contribution is 0.0773. The predicted molar refractivity (Wildman–Crippen MR) is 99.6 cm³/mol. The van der Waals surface area contributed by atoms with E-state index in [4.69, 9.17) is 0 Å². The number of benzene rings is 2. The van der Waals surface area contributed by atoms with Crippen LogP contribution < -0.4 is 0 Å². The summed E-state index contributed by atoms with van der Waals surface area (Å²) in [5.41, 5.74) is 1.96. The number of hydrogen-bond acceptors (Lipinski definition) is 4. The van der Waals surface area contributed by atoms with Gasteiger partial charge < -0.3 is 15.1 Å². The van der Waals surface area contributed by atoms with Crippen molar-refractivity contribution in [1.29, 1.82) is 0 Å². The number of aromatic nitrogens is 2. The summed E-state index contributed by atoms with van der Waals surface area (Å²) >= 11 is 0. The third-order valence-corrected chi connectivity index (χ3v) is 4.31. The SMILES string of the molecule is CCN(CC)C(=O)c1ccc(-n2ccnc2-c2ccc(O)cc2O)cc1. The zero-order chi connectivity index (χ0) is 18.7. The summed E-state index contributed by atoms with van der Waals surface area (Å²) in [7, 11) is 0. The van der Waals surface area contributed by atoms with Crippen LogP contribution in [0.4, 0.5) is 0 Å². The van der Waals surface area contributed by atoms with Gasteiger partial charge in [0.15, 0.2) is 0 Å². The molecule has 0 saturated carbocycles. The summed E-state index contributed by atoms with van der Waals surface area (Å²) in [5.74, 6) is 0.489. The Labute approximate surface area is 152 Å². The maximum Gasteiger partial charge on any atom is 0.253 e. The summed E-state index contributed by atoms with van der Waals surface area (Å²) in [6, 6.07) is 11.7. The largest absolute Gasteiger partial charge is 0.508 e. The highest BCUT2D eigenvalue weighted by molar-refractivity contribution is 5.94. The van der Waals surface area contributed by atoms with Gasteiger partial charge in [-0.2, -0.15) is 0 Å². The van der Waals surface area contributed by atoms with Crippen molar-refractivity contribution < 1.29 is 15.0 Å². The predicted octanol–water partition coefficient (Wildman–Crippen LogP) is 3.43. The van der Waals surface area contributed by atoms with Crippen LogP contribution in [0.5, 0.6) is 11.5 Å². The van der Waals surface area contributed by atoms with E-state index in [0.717, 1.165) is 5.69 Å². The number of imidazole rings is 1. The molecule has 1 aromatic heterocycles. The van der Waals surface area contributed by atoms with E-state index in [9.17, 15) is 15.0 Å². The summed E-state index contributed by atoms with van der Waals surface area (Å²) in [6.45, 7) is 5.25. The van der Waals surface area contributed by atoms with E-state index in [-0.39, 0.29) is 17.4 Å². The number of aromatic hydroxyl groups is 2. The number of phenols is 2. The normalized spacial score (nSPS) is 10.7. The Kier molecular flexibility index (Phi) is 4.93. The van der Waals surface area contributed by atoms with Gasteiger partial charge in [-0.05, 0) is 50.2 Å². The number of phenolic OH excluding ortho intramolecular Hbond substituents is 2. The third-order valence-electron chi connectivity index (χ3n) is 4.31. The second kappa shape index (κ2) is 7.31. The minimum absolute atomic E-state index is 0.00332. The quantitative estimate of drug-likeness (QED) is 0.738. The zero-order valence-electron chi connectivity index (χ0n) is 14.8. The number of rotatable bonds is 5. The van der Waals surface area contributed by atoms with Crippen LogP contribution in [0.15, 0.2) is 54.9 Å². The average molecular weight is 351 g/mol. The van der Waals surface area contributed by atoms with E-state index in [1.807, 2.05) is 30.5 Å². The van der Waals surface area contributed by atoms with Crippen molar-refractivity contribution in [2.75, 3.05) is 13.1 Å². The van der Waals surface area contributed by atoms with Crippen molar-refractivity contribution in [3.8, 4) is 28.6 Å². The first-order chi connectivity index (χ1) is 12.5. The van der Waals surface area contributed by atoms with E-state index in [2.05, 4.69) is 4.98 Å².